The van der Waals surface area contributed by atoms with Crippen molar-refractivity contribution >= 4 is 16.5 Å². The molecule has 2 N–H and O–H groups in total. The van der Waals surface area contributed by atoms with E-state index in [1.165, 1.54) is 10.4 Å². The monoisotopic (exact) mass is 247 g/mol. The summed E-state index contributed by atoms with van der Waals surface area (Å²) in [5, 5.41) is 0.658. The van der Waals surface area contributed by atoms with E-state index in [1.54, 1.807) is 11.3 Å². The summed E-state index contributed by atoms with van der Waals surface area (Å²) < 4.78 is 0. The minimum absolute atomic E-state index is 0.658. The average Bonchev–Trinajstić information content (AvgIpc) is 2.74. The van der Waals surface area contributed by atoms with Crippen LogP contribution in [0, 0.1) is 0 Å². The number of hydrogen-bond donors (Lipinski definition) is 1. The van der Waals surface area contributed by atoms with Gasteiger partial charge in [0.2, 0.25) is 0 Å². The molecule has 0 spiro atoms. The maximum absolute atomic E-state index is 5.60. The van der Waals surface area contributed by atoms with Crippen LogP contribution >= 0.6 is 11.3 Å². The van der Waals surface area contributed by atoms with Gasteiger partial charge in [-0.05, 0) is 19.0 Å². The van der Waals surface area contributed by atoms with Gasteiger partial charge in [-0.25, -0.2) is 4.98 Å². The number of thiazole rings is 1. The lowest BCUT2D eigenvalue weighted by atomic mass is 10.2. The Morgan fingerprint density at radius 1 is 1.29 bits per heavy atom. The van der Waals surface area contributed by atoms with E-state index in [9.17, 15) is 0 Å². The molecule has 2 aromatic rings. The number of hydrogen-bond acceptors (Lipinski definition) is 4. The quantitative estimate of drug-likeness (QED) is 0.882. The second-order valence-electron chi connectivity index (χ2n) is 4.14. The fraction of sp³-hybridized carbons (Fsp3) is 0.308. The van der Waals surface area contributed by atoms with E-state index in [1.807, 2.05) is 12.3 Å². The van der Waals surface area contributed by atoms with Gasteiger partial charge in [-0.1, -0.05) is 30.3 Å². The van der Waals surface area contributed by atoms with Crippen LogP contribution in [0.1, 0.15) is 10.4 Å². The Balaban J connectivity index is 1.80. The first-order valence-corrected chi connectivity index (χ1v) is 6.48. The molecule has 1 aromatic carbocycles. The fourth-order valence-corrected chi connectivity index (χ4v) is 2.39. The highest BCUT2D eigenvalue weighted by Gasteiger charge is 2.03. The van der Waals surface area contributed by atoms with E-state index in [-0.39, 0.29) is 0 Å². The van der Waals surface area contributed by atoms with E-state index >= 15 is 0 Å². The Hall–Kier alpha value is -1.39. The van der Waals surface area contributed by atoms with Gasteiger partial charge in [0.15, 0.2) is 5.13 Å². The van der Waals surface area contributed by atoms with Crippen LogP contribution in [-0.4, -0.2) is 23.5 Å². The predicted molar refractivity (Wildman–Crippen MR) is 73.0 cm³/mol. The highest BCUT2D eigenvalue weighted by atomic mass is 32.1. The third-order valence-corrected chi connectivity index (χ3v) is 3.49. The molecule has 0 atom stereocenters. The Bertz CT molecular complexity index is 453. The maximum Gasteiger partial charge on any atom is 0.180 e. The number of nitrogen functional groups attached to an aromatic ring is 1. The number of nitrogens with two attached hydrogens (primary N) is 1. The normalized spacial score (nSPS) is 10.9. The summed E-state index contributed by atoms with van der Waals surface area (Å²) in [4.78, 5) is 7.62. The van der Waals surface area contributed by atoms with Crippen molar-refractivity contribution < 1.29 is 0 Å². The maximum atomic E-state index is 5.60. The lowest BCUT2D eigenvalue weighted by Crippen LogP contribution is -2.20. The third-order valence-electron chi connectivity index (χ3n) is 2.61. The van der Waals surface area contributed by atoms with Gasteiger partial charge in [0.25, 0.3) is 0 Å². The molecule has 0 fully saturated rings. The van der Waals surface area contributed by atoms with E-state index in [2.05, 4.69) is 41.2 Å². The molecule has 4 heteroatoms. The molecule has 90 valence electrons. The lowest BCUT2D eigenvalue weighted by molar-refractivity contribution is 0.332. The summed E-state index contributed by atoms with van der Waals surface area (Å²) >= 11 is 1.58. The lowest BCUT2D eigenvalue weighted by Gasteiger charge is -2.15. The minimum atomic E-state index is 0.658. The van der Waals surface area contributed by atoms with Crippen molar-refractivity contribution in [3.8, 4) is 0 Å². The standard InChI is InChI=1S/C13H17N3S/c1-16(10-11-5-3-2-4-6-11)8-7-12-9-15-13(14)17-12/h2-6,9H,7-8,10H2,1H3,(H2,14,15). The summed E-state index contributed by atoms with van der Waals surface area (Å²) in [5.41, 5.74) is 6.95. The Morgan fingerprint density at radius 3 is 2.71 bits per heavy atom. The van der Waals surface area contributed by atoms with Crippen LogP contribution in [0.2, 0.25) is 0 Å². The van der Waals surface area contributed by atoms with Crippen molar-refractivity contribution in [2.75, 3.05) is 19.3 Å². The second-order valence-corrected chi connectivity index (χ2v) is 5.28. The van der Waals surface area contributed by atoms with Crippen LogP contribution in [0.5, 0.6) is 0 Å². The summed E-state index contributed by atoms with van der Waals surface area (Å²) in [5.74, 6) is 0. The molecule has 0 unspecified atom stereocenters. The van der Waals surface area contributed by atoms with Crippen molar-refractivity contribution in [3.63, 3.8) is 0 Å². The molecule has 0 bridgehead atoms. The minimum Gasteiger partial charge on any atom is -0.375 e. The largest absolute Gasteiger partial charge is 0.375 e. The molecular weight excluding hydrogens is 230 g/mol. The van der Waals surface area contributed by atoms with Gasteiger partial charge >= 0.3 is 0 Å². The fourth-order valence-electron chi connectivity index (χ4n) is 1.71. The van der Waals surface area contributed by atoms with Crippen molar-refractivity contribution in [2.45, 2.75) is 13.0 Å². The van der Waals surface area contributed by atoms with Crippen molar-refractivity contribution in [1.82, 2.24) is 9.88 Å². The van der Waals surface area contributed by atoms with Crippen LogP contribution in [-0.2, 0) is 13.0 Å². The third kappa shape index (κ3) is 3.84. The summed E-state index contributed by atoms with van der Waals surface area (Å²) in [7, 11) is 2.14. The van der Waals surface area contributed by atoms with Gasteiger partial charge in [0.1, 0.15) is 0 Å². The van der Waals surface area contributed by atoms with Gasteiger partial charge in [0.05, 0.1) is 0 Å². The molecule has 0 saturated carbocycles. The van der Waals surface area contributed by atoms with Gasteiger partial charge in [0, 0.05) is 24.2 Å². The van der Waals surface area contributed by atoms with Crippen LogP contribution in [0.15, 0.2) is 36.5 Å². The molecule has 0 amide bonds. The van der Waals surface area contributed by atoms with Crippen LogP contribution in [0.3, 0.4) is 0 Å². The van der Waals surface area contributed by atoms with Crippen LogP contribution in [0.25, 0.3) is 0 Å². The first kappa shape index (κ1) is 12.1. The van der Waals surface area contributed by atoms with Gasteiger partial charge < -0.3 is 10.6 Å². The zero-order valence-electron chi connectivity index (χ0n) is 9.97. The molecule has 2 rings (SSSR count). The number of aromatic nitrogens is 1. The molecule has 3 nitrogen and oxygen atoms in total. The van der Waals surface area contributed by atoms with E-state index in [0.717, 1.165) is 19.5 Å². The summed E-state index contributed by atoms with van der Waals surface area (Å²) in [6, 6.07) is 10.5. The van der Waals surface area contributed by atoms with Gasteiger partial charge in [-0.2, -0.15) is 0 Å². The molecule has 0 radical (unpaired) electrons. The smallest absolute Gasteiger partial charge is 0.180 e. The van der Waals surface area contributed by atoms with E-state index in [4.69, 9.17) is 5.73 Å². The van der Waals surface area contributed by atoms with Crippen LogP contribution in [0.4, 0.5) is 5.13 Å². The van der Waals surface area contributed by atoms with Gasteiger partial charge in [-0.3, -0.25) is 0 Å². The Morgan fingerprint density at radius 2 is 2.06 bits per heavy atom. The number of anilines is 1. The average molecular weight is 247 g/mol. The van der Waals surface area contributed by atoms with E-state index < -0.39 is 0 Å². The van der Waals surface area contributed by atoms with Crippen molar-refractivity contribution in [2.24, 2.45) is 0 Å². The molecule has 0 aliphatic rings. The summed E-state index contributed by atoms with van der Waals surface area (Å²) in [6.07, 6.45) is 2.88. The molecule has 1 heterocycles. The van der Waals surface area contributed by atoms with Crippen molar-refractivity contribution in [3.05, 3.63) is 47.0 Å². The van der Waals surface area contributed by atoms with Crippen LogP contribution < -0.4 is 5.73 Å². The molecule has 17 heavy (non-hydrogen) atoms. The molecular formula is C13H17N3S. The number of nitrogens with zero attached hydrogens (tertiary/aromatic N) is 2. The molecule has 0 aliphatic carbocycles. The number of benzene rings is 1. The Kier molecular flexibility index (Phi) is 4.12. The number of likely N-dealkylation sites (N-methyl/N-ethyl adjacent to an activating group) is 1. The van der Waals surface area contributed by atoms with E-state index in [0.29, 0.717) is 5.13 Å². The molecule has 0 saturated heterocycles. The first-order chi connectivity index (χ1) is 8.24. The zero-order chi connectivity index (χ0) is 12.1. The van der Waals surface area contributed by atoms with Crippen molar-refractivity contribution in [1.29, 1.82) is 0 Å². The topological polar surface area (TPSA) is 42.2 Å². The Labute approximate surface area is 106 Å². The first-order valence-electron chi connectivity index (χ1n) is 5.66. The SMILES string of the molecule is CN(CCc1cnc(N)s1)Cc1ccccc1. The van der Waals surface area contributed by atoms with Gasteiger partial charge in [-0.15, -0.1) is 11.3 Å². The molecule has 0 aliphatic heterocycles. The molecule has 1 aromatic heterocycles. The predicted octanol–water partition coefficient (Wildman–Crippen LogP) is 2.40. The second kappa shape index (κ2) is 5.80. The number of rotatable bonds is 5. The summed E-state index contributed by atoms with van der Waals surface area (Å²) in [6.45, 7) is 2.01. The highest BCUT2D eigenvalue weighted by Crippen LogP contribution is 2.15. The highest BCUT2D eigenvalue weighted by molar-refractivity contribution is 7.15. The zero-order valence-corrected chi connectivity index (χ0v) is 10.8.